The molecule has 8 nitrogen and oxygen atoms in total. The summed E-state index contributed by atoms with van der Waals surface area (Å²) in [5.41, 5.74) is 1.96. The molecule has 2 aromatic rings. The first-order chi connectivity index (χ1) is 11.5. The highest BCUT2D eigenvalue weighted by atomic mass is 35.5. The molecule has 0 unspecified atom stereocenters. The van der Waals surface area contributed by atoms with Crippen molar-refractivity contribution in [2.75, 3.05) is 6.61 Å². The number of halogens is 1. The summed E-state index contributed by atoms with van der Waals surface area (Å²) < 4.78 is 5.22. The average Bonchev–Trinajstić information content (AvgIpc) is 2.54. The fourth-order valence-corrected chi connectivity index (χ4v) is 1.91. The average molecular weight is 350 g/mol. The molecule has 0 radical (unpaired) electrons. The van der Waals surface area contributed by atoms with E-state index in [4.69, 9.17) is 16.3 Å². The normalized spacial score (nSPS) is 10.5. The molecule has 124 valence electrons. The van der Waals surface area contributed by atoms with E-state index in [0.29, 0.717) is 10.8 Å². The Labute approximate surface area is 141 Å². The summed E-state index contributed by atoms with van der Waals surface area (Å²) >= 11 is 5.88. The van der Waals surface area contributed by atoms with Crippen molar-refractivity contribution in [3.8, 4) is 11.5 Å². The third kappa shape index (κ3) is 4.68. The molecule has 2 aromatic carbocycles. The van der Waals surface area contributed by atoms with Crippen LogP contribution in [0.25, 0.3) is 0 Å². The molecule has 0 aromatic heterocycles. The van der Waals surface area contributed by atoms with Crippen molar-refractivity contribution in [1.29, 1.82) is 0 Å². The zero-order valence-corrected chi connectivity index (χ0v) is 12.9. The molecule has 2 N–H and O–H groups in total. The Kier molecular flexibility index (Phi) is 5.69. The van der Waals surface area contributed by atoms with Crippen LogP contribution >= 0.6 is 11.6 Å². The van der Waals surface area contributed by atoms with Crippen LogP contribution in [0.4, 0.5) is 5.69 Å². The van der Waals surface area contributed by atoms with Gasteiger partial charge in [0.1, 0.15) is 11.5 Å². The number of para-hydroxylation sites is 1. The first kappa shape index (κ1) is 17.2. The number of carbonyl (C=O) groups excluding carboxylic acids is 1. The third-order valence-electron chi connectivity index (χ3n) is 2.80. The lowest BCUT2D eigenvalue weighted by molar-refractivity contribution is -0.385. The molecule has 1 amide bonds. The van der Waals surface area contributed by atoms with Crippen LogP contribution in [0.3, 0.4) is 0 Å². The summed E-state index contributed by atoms with van der Waals surface area (Å²) in [5.74, 6) is -0.383. The van der Waals surface area contributed by atoms with Gasteiger partial charge in [0.15, 0.2) is 6.61 Å². The summed E-state index contributed by atoms with van der Waals surface area (Å²) in [7, 11) is 0. The Morgan fingerprint density at radius 2 is 2.12 bits per heavy atom. The lowest BCUT2D eigenvalue weighted by Crippen LogP contribution is -2.24. The number of phenolic OH excluding ortho intramolecular Hbond substituents is 1. The number of hydrogen-bond donors (Lipinski definition) is 2. The number of ether oxygens (including phenoxy) is 1. The van der Waals surface area contributed by atoms with Gasteiger partial charge in [-0.05, 0) is 24.3 Å². The molecule has 0 heterocycles. The zero-order valence-electron chi connectivity index (χ0n) is 12.2. The molecule has 0 fully saturated rings. The molecule has 0 aliphatic carbocycles. The van der Waals surface area contributed by atoms with Crippen molar-refractivity contribution < 1.29 is 19.6 Å². The van der Waals surface area contributed by atoms with E-state index in [1.165, 1.54) is 6.07 Å². The van der Waals surface area contributed by atoms with Gasteiger partial charge in [-0.15, -0.1) is 0 Å². The van der Waals surface area contributed by atoms with E-state index in [1.54, 1.807) is 24.3 Å². The first-order valence-corrected chi connectivity index (χ1v) is 7.02. The number of nitro groups is 1. The number of aromatic hydroxyl groups is 1. The van der Waals surface area contributed by atoms with Crippen LogP contribution in [-0.2, 0) is 4.79 Å². The number of amides is 1. The van der Waals surface area contributed by atoms with Gasteiger partial charge in [-0.2, -0.15) is 5.10 Å². The smallest absolute Gasteiger partial charge is 0.278 e. The number of rotatable bonds is 6. The second-order valence-corrected chi connectivity index (χ2v) is 4.92. The van der Waals surface area contributed by atoms with Crippen molar-refractivity contribution in [3.05, 3.63) is 63.2 Å². The number of nitrogens with zero attached hydrogens (tertiary/aromatic N) is 2. The molecule has 0 atom stereocenters. The van der Waals surface area contributed by atoms with E-state index in [1.807, 2.05) is 0 Å². The van der Waals surface area contributed by atoms with Crippen molar-refractivity contribution >= 4 is 29.4 Å². The SMILES string of the molecule is O=C(COc1ccccc1Cl)NN=Cc1cc(O)ccc1[N+](=O)[O-]. The largest absolute Gasteiger partial charge is 0.508 e. The lowest BCUT2D eigenvalue weighted by Gasteiger charge is -2.06. The molecule has 0 aliphatic heterocycles. The quantitative estimate of drug-likeness (QED) is 0.472. The number of phenols is 1. The van der Waals surface area contributed by atoms with Gasteiger partial charge in [0.25, 0.3) is 11.6 Å². The van der Waals surface area contributed by atoms with Gasteiger partial charge >= 0.3 is 0 Å². The Morgan fingerprint density at radius 1 is 1.38 bits per heavy atom. The molecular weight excluding hydrogens is 338 g/mol. The number of nitro benzene ring substituents is 1. The van der Waals surface area contributed by atoms with Crippen LogP contribution in [0.1, 0.15) is 5.56 Å². The van der Waals surface area contributed by atoms with Gasteiger partial charge in [-0.25, -0.2) is 5.43 Å². The number of hydrazone groups is 1. The highest BCUT2D eigenvalue weighted by Gasteiger charge is 2.12. The van der Waals surface area contributed by atoms with Crippen LogP contribution in [-0.4, -0.2) is 28.8 Å². The maximum atomic E-state index is 11.6. The Balaban J connectivity index is 1.94. The predicted octanol–water partition coefficient (Wildman–Crippen LogP) is 2.48. The second kappa shape index (κ2) is 7.93. The van der Waals surface area contributed by atoms with E-state index in [2.05, 4.69) is 10.5 Å². The molecule has 0 spiro atoms. The minimum atomic E-state index is -0.622. The maximum Gasteiger partial charge on any atom is 0.278 e. The Morgan fingerprint density at radius 3 is 2.83 bits per heavy atom. The van der Waals surface area contributed by atoms with Gasteiger partial charge in [-0.3, -0.25) is 14.9 Å². The van der Waals surface area contributed by atoms with Gasteiger partial charge in [-0.1, -0.05) is 23.7 Å². The molecule has 0 aliphatic rings. The summed E-state index contributed by atoms with van der Waals surface area (Å²) in [4.78, 5) is 21.9. The van der Waals surface area contributed by atoms with E-state index in [0.717, 1.165) is 18.3 Å². The molecule has 0 bridgehead atoms. The molecule has 0 saturated carbocycles. The number of carbonyl (C=O) groups is 1. The summed E-state index contributed by atoms with van der Waals surface area (Å²) in [6, 6.07) is 10.1. The standard InChI is InChI=1S/C15H12ClN3O5/c16-12-3-1-2-4-14(12)24-9-15(21)18-17-8-10-7-11(20)5-6-13(10)19(22)23/h1-8,20H,9H2,(H,18,21). The van der Waals surface area contributed by atoms with Crippen LogP contribution < -0.4 is 10.2 Å². The second-order valence-electron chi connectivity index (χ2n) is 4.51. The van der Waals surface area contributed by atoms with Gasteiger partial charge < -0.3 is 9.84 Å². The van der Waals surface area contributed by atoms with Crippen molar-refractivity contribution in [1.82, 2.24) is 5.43 Å². The molecule has 0 saturated heterocycles. The van der Waals surface area contributed by atoms with Crippen molar-refractivity contribution in [3.63, 3.8) is 0 Å². The number of hydrogen-bond acceptors (Lipinski definition) is 6. The number of nitrogens with one attached hydrogen (secondary N) is 1. The highest BCUT2D eigenvalue weighted by molar-refractivity contribution is 6.32. The first-order valence-electron chi connectivity index (χ1n) is 6.64. The zero-order chi connectivity index (χ0) is 17.5. The van der Waals surface area contributed by atoms with Crippen molar-refractivity contribution in [2.24, 2.45) is 5.10 Å². The fourth-order valence-electron chi connectivity index (χ4n) is 1.72. The van der Waals surface area contributed by atoms with E-state index >= 15 is 0 Å². The van der Waals surface area contributed by atoms with Gasteiger partial charge in [0, 0.05) is 6.07 Å². The topological polar surface area (TPSA) is 114 Å². The van der Waals surface area contributed by atoms with Gasteiger partial charge in [0.05, 0.1) is 21.7 Å². The minimum absolute atomic E-state index is 0.0484. The molecular formula is C15H12ClN3O5. The maximum absolute atomic E-state index is 11.6. The van der Waals surface area contributed by atoms with E-state index < -0.39 is 10.8 Å². The highest BCUT2D eigenvalue weighted by Crippen LogP contribution is 2.23. The predicted molar refractivity (Wildman–Crippen MR) is 87.4 cm³/mol. The number of benzene rings is 2. The molecule has 24 heavy (non-hydrogen) atoms. The van der Waals surface area contributed by atoms with E-state index in [9.17, 15) is 20.0 Å². The van der Waals surface area contributed by atoms with Gasteiger partial charge in [0.2, 0.25) is 0 Å². The molecule has 9 heteroatoms. The van der Waals surface area contributed by atoms with Crippen LogP contribution in [0.5, 0.6) is 11.5 Å². The Hall–Kier alpha value is -3.13. The minimum Gasteiger partial charge on any atom is -0.508 e. The fraction of sp³-hybridized carbons (Fsp3) is 0.0667. The van der Waals surface area contributed by atoms with Crippen molar-refractivity contribution in [2.45, 2.75) is 0 Å². The van der Waals surface area contributed by atoms with E-state index in [-0.39, 0.29) is 23.6 Å². The molecule has 2 rings (SSSR count). The summed E-state index contributed by atoms with van der Waals surface area (Å²) in [6.45, 7) is -0.330. The summed E-state index contributed by atoms with van der Waals surface area (Å²) in [6.07, 6.45) is 1.06. The summed E-state index contributed by atoms with van der Waals surface area (Å²) in [5, 5.41) is 24.2. The monoisotopic (exact) mass is 349 g/mol. The Bertz CT molecular complexity index is 794. The lowest BCUT2D eigenvalue weighted by atomic mass is 10.2. The van der Waals surface area contributed by atoms with Crippen LogP contribution in [0.2, 0.25) is 5.02 Å². The van der Waals surface area contributed by atoms with Crippen LogP contribution in [0, 0.1) is 10.1 Å². The van der Waals surface area contributed by atoms with Crippen LogP contribution in [0.15, 0.2) is 47.6 Å². The third-order valence-corrected chi connectivity index (χ3v) is 3.11.